The first kappa shape index (κ1) is 12.9. The summed E-state index contributed by atoms with van der Waals surface area (Å²) >= 11 is 0. The summed E-state index contributed by atoms with van der Waals surface area (Å²) < 4.78 is 9.25. The summed E-state index contributed by atoms with van der Waals surface area (Å²) in [6.07, 6.45) is -1.21. The lowest BCUT2D eigenvalue weighted by Gasteiger charge is -2.14. The fraction of sp³-hybridized carbons (Fsp3) is 0.250. The van der Waals surface area contributed by atoms with Crippen LogP contribution < -0.4 is 0 Å². The summed E-state index contributed by atoms with van der Waals surface area (Å²) in [4.78, 5) is 33.2. The molecule has 1 aromatic rings. The van der Waals surface area contributed by atoms with E-state index in [1.54, 1.807) is 30.3 Å². The molecule has 17 heavy (non-hydrogen) atoms. The molecule has 0 saturated heterocycles. The maximum Gasteiger partial charge on any atom is 0.359 e. The summed E-state index contributed by atoms with van der Waals surface area (Å²) in [5.41, 5.74) is 0.453. The predicted octanol–water partition coefficient (Wildman–Crippen LogP) is 1.38. The Morgan fingerprint density at radius 1 is 1.00 bits per heavy atom. The Morgan fingerprint density at radius 2 is 1.59 bits per heavy atom. The molecule has 1 atom stereocenters. The first-order valence-corrected chi connectivity index (χ1v) is 4.95. The van der Waals surface area contributed by atoms with Crippen LogP contribution >= 0.6 is 0 Å². The molecular weight excluding hydrogens is 224 g/mol. The number of hydrogen-bond acceptors (Lipinski definition) is 5. The van der Waals surface area contributed by atoms with Crippen molar-refractivity contribution in [3.8, 4) is 0 Å². The van der Waals surface area contributed by atoms with Gasteiger partial charge < -0.3 is 9.47 Å². The highest BCUT2D eigenvalue weighted by Crippen LogP contribution is 2.19. The molecule has 0 radical (unpaired) electrons. The molecule has 0 amide bonds. The molecule has 5 nitrogen and oxygen atoms in total. The lowest BCUT2D eigenvalue weighted by molar-refractivity contribution is -0.172. The molecule has 0 heterocycles. The minimum Gasteiger partial charge on any atom is -0.446 e. The van der Waals surface area contributed by atoms with Gasteiger partial charge in [-0.15, -0.1) is 0 Å². The molecule has 0 unspecified atom stereocenters. The molecule has 0 aliphatic heterocycles. The van der Waals surface area contributed by atoms with Crippen LogP contribution in [-0.2, 0) is 23.9 Å². The van der Waals surface area contributed by atoms with Crippen molar-refractivity contribution in [1.82, 2.24) is 0 Å². The van der Waals surface area contributed by atoms with Crippen LogP contribution in [0.3, 0.4) is 0 Å². The Balaban J connectivity index is 2.92. The van der Waals surface area contributed by atoms with Gasteiger partial charge in [0.1, 0.15) is 0 Å². The van der Waals surface area contributed by atoms with Gasteiger partial charge in [-0.05, 0) is 0 Å². The van der Waals surface area contributed by atoms with E-state index in [0.717, 1.165) is 6.92 Å². The zero-order valence-corrected chi connectivity index (χ0v) is 9.51. The third kappa shape index (κ3) is 4.06. The third-order valence-corrected chi connectivity index (χ3v) is 1.84. The minimum absolute atomic E-state index is 0.453. The van der Waals surface area contributed by atoms with E-state index < -0.39 is 24.0 Å². The maximum absolute atomic E-state index is 11.6. The fourth-order valence-corrected chi connectivity index (χ4v) is 1.24. The van der Waals surface area contributed by atoms with Crippen molar-refractivity contribution in [2.45, 2.75) is 20.0 Å². The zero-order chi connectivity index (χ0) is 12.8. The topological polar surface area (TPSA) is 69.7 Å². The minimum atomic E-state index is -1.21. The molecule has 0 spiro atoms. The molecule has 90 valence electrons. The number of carbonyl (C=O) groups is 3. The highest BCUT2D eigenvalue weighted by Gasteiger charge is 2.26. The fourth-order valence-electron chi connectivity index (χ4n) is 1.24. The van der Waals surface area contributed by atoms with Gasteiger partial charge in [-0.3, -0.25) is 9.59 Å². The summed E-state index contributed by atoms with van der Waals surface area (Å²) in [5.74, 6) is -2.28. The summed E-state index contributed by atoms with van der Waals surface area (Å²) in [6.45, 7) is 2.28. The van der Waals surface area contributed by atoms with Crippen LogP contribution in [0.1, 0.15) is 25.5 Å². The van der Waals surface area contributed by atoms with Crippen molar-refractivity contribution < 1.29 is 23.9 Å². The van der Waals surface area contributed by atoms with Crippen molar-refractivity contribution in [1.29, 1.82) is 0 Å². The normalized spacial score (nSPS) is 11.4. The number of rotatable bonds is 3. The van der Waals surface area contributed by atoms with Crippen LogP contribution in [0.4, 0.5) is 0 Å². The van der Waals surface area contributed by atoms with Crippen LogP contribution in [0.2, 0.25) is 0 Å². The van der Waals surface area contributed by atoms with Gasteiger partial charge in [-0.1, -0.05) is 30.3 Å². The maximum atomic E-state index is 11.6. The Kier molecular flexibility index (Phi) is 4.39. The number of ether oxygens (including phenoxy) is 2. The van der Waals surface area contributed by atoms with Gasteiger partial charge in [0.05, 0.1) is 0 Å². The average molecular weight is 236 g/mol. The molecule has 0 aromatic heterocycles. The largest absolute Gasteiger partial charge is 0.446 e. The second-order valence-corrected chi connectivity index (χ2v) is 3.31. The Labute approximate surface area is 98.3 Å². The van der Waals surface area contributed by atoms with Crippen LogP contribution in [0.5, 0.6) is 0 Å². The van der Waals surface area contributed by atoms with Crippen LogP contribution in [-0.4, -0.2) is 17.9 Å². The van der Waals surface area contributed by atoms with Crippen LogP contribution in [0, 0.1) is 0 Å². The van der Waals surface area contributed by atoms with E-state index in [4.69, 9.17) is 4.74 Å². The standard InChI is InChI=1S/C12H12O5/c1-8(13)16-11(12(15)17-9(2)14)10-6-4-3-5-7-10/h3-7,11H,1-2H3/t11-/m1/s1. The molecular formula is C12H12O5. The van der Waals surface area contributed by atoms with Crippen molar-refractivity contribution in [3.63, 3.8) is 0 Å². The quantitative estimate of drug-likeness (QED) is 0.585. The molecule has 1 rings (SSSR count). The van der Waals surface area contributed by atoms with Gasteiger partial charge in [0.25, 0.3) is 0 Å². The van der Waals surface area contributed by atoms with E-state index in [9.17, 15) is 14.4 Å². The van der Waals surface area contributed by atoms with E-state index in [1.807, 2.05) is 0 Å². The summed E-state index contributed by atoms with van der Waals surface area (Å²) in [7, 11) is 0. The van der Waals surface area contributed by atoms with Crippen molar-refractivity contribution in [2.24, 2.45) is 0 Å². The molecule has 0 aliphatic rings. The van der Waals surface area contributed by atoms with Crippen LogP contribution in [0.25, 0.3) is 0 Å². The zero-order valence-electron chi connectivity index (χ0n) is 9.51. The van der Waals surface area contributed by atoms with E-state index in [1.165, 1.54) is 6.92 Å². The first-order chi connectivity index (χ1) is 8.00. The molecule has 0 saturated carbocycles. The predicted molar refractivity (Wildman–Crippen MR) is 57.7 cm³/mol. The number of carbonyl (C=O) groups excluding carboxylic acids is 3. The number of hydrogen-bond donors (Lipinski definition) is 0. The molecule has 0 fully saturated rings. The molecule has 1 aromatic carbocycles. The third-order valence-electron chi connectivity index (χ3n) is 1.84. The molecule has 0 aliphatic carbocycles. The van der Waals surface area contributed by atoms with Gasteiger partial charge in [0, 0.05) is 19.4 Å². The van der Waals surface area contributed by atoms with Crippen LogP contribution in [0.15, 0.2) is 30.3 Å². The smallest absolute Gasteiger partial charge is 0.359 e. The van der Waals surface area contributed by atoms with Gasteiger partial charge in [-0.2, -0.15) is 0 Å². The highest BCUT2D eigenvalue weighted by atomic mass is 16.6. The Hall–Kier alpha value is -2.17. The van der Waals surface area contributed by atoms with Gasteiger partial charge in [0.15, 0.2) is 0 Å². The second-order valence-electron chi connectivity index (χ2n) is 3.31. The summed E-state index contributed by atoms with van der Waals surface area (Å²) in [6, 6.07) is 8.34. The Morgan fingerprint density at radius 3 is 2.06 bits per heavy atom. The van der Waals surface area contributed by atoms with Gasteiger partial charge in [0.2, 0.25) is 6.10 Å². The van der Waals surface area contributed by atoms with Crippen molar-refractivity contribution in [2.75, 3.05) is 0 Å². The van der Waals surface area contributed by atoms with Gasteiger partial charge in [-0.25, -0.2) is 4.79 Å². The monoisotopic (exact) mass is 236 g/mol. The molecule has 0 bridgehead atoms. The van der Waals surface area contributed by atoms with E-state index >= 15 is 0 Å². The van der Waals surface area contributed by atoms with Crippen molar-refractivity contribution in [3.05, 3.63) is 35.9 Å². The highest BCUT2D eigenvalue weighted by molar-refractivity contribution is 5.88. The first-order valence-electron chi connectivity index (χ1n) is 4.95. The van der Waals surface area contributed by atoms with E-state index in [-0.39, 0.29) is 0 Å². The lowest BCUT2D eigenvalue weighted by atomic mass is 10.1. The van der Waals surface area contributed by atoms with E-state index in [0.29, 0.717) is 5.56 Å². The lowest BCUT2D eigenvalue weighted by Crippen LogP contribution is -2.22. The molecule has 0 N–H and O–H groups in total. The number of benzene rings is 1. The van der Waals surface area contributed by atoms with E-state index in [2.05, 4.69) is 4.74 Å². The molecule has 5 heteroatoms. The number of esters is 3. The van der Waals surface area contributed by atoms with Gasteiger partial charge >= 0.3 is 17.9 Å². The summed E-state index contributed by atoms with van der Waals surface area (Å²) in [5, 5.41) is 0. The average Bonchev–Trinajstić information content (AvgIpc) is 2.25. The van der Waals surface area contributed by atoms with Crippen molar-refractivity contribution >= 4 is 17.9 Å². The Bertz CT molecular complexity index is 424. The SMILES string of the molecule is CC(=O)OC(=O)[C@H](OC(C)=O)c1ccccc1. The second kappa shape index (κ2) is 5.79.